The first-order valence-corrected chi connectivity index (χ1v) is 19.5. The van der Waals surface area contributed by atoms with Gasteiger partial charge in [-0.25, -0.2) is 0 Å². The van der Waals surface area contributed by atoms with Crippen LogP contribution in [0.5, 0.6) is 0 Å². The minimum Gasteiger partial charge on any atom is -0.396 e. The number of carbonyl (C=O) groups excluding carboxylic acids is 2. The van der Waals surface area contributed by atoms with Crippen molar-refractivity contribution in [2.75, 3.05) is 13.2 Å². The summed E-state index contributed by atoms with van der Waals surface area (Å²) in [7, 11) is 0. The summed E-state index contributed by atoms with van der Waals surface area (Å²) in [5, 5.41) is 18.8. The van der Waals surface area contributed by atoms with Crippen molar-refractivity contribution in [3.63, 3.8) is 0 Å². The van der Waals surface area contributed by atoms with Crippen molar-refractivity contribution in [2.45, 2.75) is 219 Å². The van der Waals surface area contributed by atoms with Gasteiger partial charge in [-0.05, 0) is 19.3 Å². The summed E-state index contributed by atoms with van der Waals surface area (Å²) >= 11 is 0. The van der Waals surface area contributed by atoms with E-state index in [4.69, 9.17) is 0 Å². The lowest BCUT2D eigenvalue weighted by molar-refractivity contribution is -0.128. The first kappa shape index (κ1) is 42.9. The van der Waals surface area contributed by atoms with Crippen LogP contribution in [0.4, 0.5) is 0 Å². The molecule has 0 aliphatic rings. The SMILES string of the molecule is CCCCCCCCCCCCCCCC(=O)NC(CC)(NCCCO)NC(=O)CCCCCCCCCCCCCCC. The first-order chi connectivity index (χ1) is 21.5. The van der Waals surface area contributed by atoms with Gasteiger partial charge in [-0.15, -0.1) is 0 Å². The zero-order valence-electron chi connectivity index (χ0n) is 29.9. The molecule has 0 aromatic rings. The number of rotatable bonds is 35. The molecule has 0 saturated heterocycles. The van der Waals surface area contributed by atoms with Crippen molar-refractivity contribution >= 4 is 11.8 Å². The normalized spacial score (nSPS) is 11.6. The Bertz CT molecular complexity index is 584. The van der Waals surface area contributed by atoms with Crippen molar-refractivity contribution in [1.29, 1.82) is 0 Å². The Morgan fingerprint density at radius 2 is 0.750 bits per heavy atom. The minimum atomic E-state index is -0.948. The molecule has 0 spiro atoms. The Morgan fingerprint density at radius 3 is 1.02 bits per heavy atom. The largest absolute Gasteiger partial charge is 0.396 e. The van der Waals surface area contributed by atoms with Gasteiger partial charge in [0.05, 0.1) is 0 Å². The van der Waals surface area contributed by atoms with Crippen molar-refractivity contribution < 1.29 is 14.7 Å². The highest BCUT2D eigenvalue weighted by Crippen LogP contribution is 2.15. The van der Waals surface area contributed by atoms with Crippen LogP contribution in [0.2, 0.25) is 0 Å². The molecule has 0 heterocycles. The van der Waals surface area contributed by atoms with E-state index in [0.717, 1.165) is 25.7 Å². The van der Waals surface area contributed by atoms with Crippen LogP contribution in [0, 0.1) is 0 Å². The molecular formula is C38H77N3O3. The highest BCUT2D eigenvalue weighted by molar-refractivity contribution is 5.80. The quantitative estimate of drug-likeness (QED) is 0.0418. The number of amides is 2. The third kappa shape index (κ3) is 28.3. The van der Waals surface area contributed by atoms with Crippen molar-refractivity contribution in [2.24, 2.45) is 0 Å². The molecule has 2 amide bonds. The lowest BCUT2D eigenvalue weighted by Crippen LogP contribution is -2.69. The fourth-order valence-corrected chi connectivity index (χ4v) is 6.01. The molecule has 0 unspecified atom stereocenters. The Labute approximate surface area is 274 Å². The Balaban J connectivity index is 4.13. The molecule has 0 aliphatic carbocycles. The van der Waals surface area contributed by atoms with Gasteiger partial charge in [-0.1, -0.05) is 175 Å². The first-order valence-electron chi connectivity index (χ1n) is 19.5. The molecule has 0 aromatic heterocycles. The maximum atomic E-state index is 12.9. The molecule has 0 rings (SSSR count). The van der Waals surface area contributed by atoms with Gasteiger partial charge in [0.15, 0.2) is 5.79 Å². The average Bonchev–Trinajstić information content (AvgIpc) is 3.01. The third-order valence-corrected chi connectivity index (χ3v) is 9.01. The van der Waals surface area contributed by atoms with E-state index in [1.54, 1.807) is 0 Å². The summed E-state index contributed by atoms with van der Waals surface area (Å²) in [6.45, 7) is 7.12. The average molecular weight is 624 g/mol. The van der Waals surface area contributed by atoms with E-state index in [1.165, 1.54) is 141 Å². The van der Waals surface area contributed by atoms with E-state index in [0.29, 0.717) is 32.2 Å². The Kier molecular flexibility index (Phi) is 32.4. The summed E-state index contributed by atoms with van der Waals surface area (Å²) in [5.74, 6) is -0.989. The highest BCUT2D eigenvalue weighted by atomic mass is 16.3. The lowest BCUT2D eigenvalue weighted by atomic mass is 10.0. The number of carbonyl (C=O) groups is 2. The fourth-order valence-electron chi connectivity index (χ4n) is 6.01. The zero-order valence-corrected chi connectivity index (χ0v) is 29.9. The fraction of sp³-hybridized carbons (Fsp3) is 0.947. The number of aliphatic hydroxyl groups is 1. The maximum Gasteiger partial charge on any atom is 0.222 e. The molecule has 262 valence electrons. The van der Waals surface area contributed by atoms with Gasteiger partial charge in [0.25, 0.3) is 0 Å². The van der Waals surface area contributed by atoms with Crippen LogP contribution >= 0.6 is 0 Å². The summed E-state index contributed by atoms with van der Waals surface area (Å²) < 4.78 is 0. The predicted octanol–water partition coefficient (Wildman–Crippen LogP) is 10.2. The second-order valence-corrected chi connectivity index (χ2v) is 13.3. The molecule has 0 radical (unpaired) electrons. The van der Waals surface area contributed by atoms with Crippen LogP contribution in [0.3, 0.4) is 0 Å². The van der Waals surface area contributed by atoms with Crippen LogP contribution in [0.1, 0.15) is 213 Å². The summed E-state index contributed by atoms with van der Waals surface area (Å²) in [4.78, 5) is 25.7. The van der Waals surface area contributed by atoms with Gasteiger partial charge in [0.2, 0.25) is 11.8 Å². The molecular weight excluding hydrogens is 546 g/mol. The number of nitrogens with one attached hydrogen (secondary N) is 3. The smallest absolute Gasteiger partial charge is 0.222 e. The van der Waals surface area contributed by atoms with Crippen LogP contribution in [-0.4, -0.2) is 35.9 Å². The Morgan fingerprint density at radius 1 is 0.455 bits per heavy atom. The summed E-state index contributed by atoms with van der Waals surface area (Å²) in [5.41, 5.74) is 0. The monoisotopic (exact) mass is 624 g/mol. The molecule has 0 fully saturated rings. The van der Waals surface area contributed by atoms with E-state index < -0.39 is 5.79 Å². The predicted molar refractivity (Wildman–Crippen MR) is 190 cm³/mol. The standard InChI is InChI=1S/C38H77N3O3/c1-4-7-9-11-13-15-17-19-21-23-25-27-29-32-36(43)40-38(6-3,39-34-31-35-42)41-37(44)33-30-28-26-24-22-20-18-16-14-12-10-8-5-2/h39,42H,4-35H2,1-3H3,(H,40,43)(H,41,44). The summed E-state index contributed by atoms with van der Waals surface area (Å²) in [6.07, 6.45) is 35.4. The lowest BCUT2D eigenvalue weighted by Gasteiger charge is -2.36. The van der Waals surface area contributed by atoms with Gasteiger partial charge in [0.1, 0.15) is 0 Å². The van der Waals surface area contributed by atoms with Crippen molar-refractivity contribution in [1.82, 2.24) is 16.0 Å². The van der Waals surface area contributed by atoms with Crippen LogP contribution in [0.15, 0.2) is 0 Å². The van der Waals surface area contributed by atoms with E-state index in [1.807, 2.05) is 6.92 Å². The Hall–Kier alpha value is -1.14. The van der Waals surface area contributed by atoms with Gasteiger partial charge in [-0.2, -0.15) is 0 Å². The molecule has 6 heteroatoms. The van der Waals surface area contributed by atoms with Crippen molar-refractivity contribution in [3.05, 3.63) is 0 Å². The molecule has 0 atom stereocenters. The second-order valence-electron chi connectivity index (χ2n) is 13.3. The molecule has 0 aromatic carbocycles. The topological polar surface area (TPSA) is 90.5 Å². The van der Waals surface area contributed by atoms with E-state index in [2.05, 4.69) is 29.8 Å². The number of hydrogen-bond acceptors (Lipinski definition) is 4. The maximum absolute atomic E-state index is 12.9. The van der Waals surface area contributed by atoms with Crippen LogP contribution in [-0.2, 0) is 9.59 Å². The van der Waals surface area contributed by atoms with Gasteiger partial charge < -0.3 is 15.7 Å². The molecule has 0 saturated carbocycles. The molecule has 0 bridgehead atoms. The summed E-state index contributed by atoms with van der Waals surface area (Å²) in [6, 6.07) is 0. The minimum absolute atomic E-state index is 0.0207. The number of unbranched alkanes of at least 4 members (excludes halogenated alkanes) is 24. The number of aliphatic hydroxyl groups excluding tert-OH is 1. The van der Waals surface area contributed by atoms with Crippen LogP contribution < -0.4 is 16.0 Å². The molecule has 6 nitrogen and oxygen atoms in total. The van der Waals surface area contributed by atoms with Gasteiger partial charge in [0, 0.05) is 32.4 Å². The van der Waals surface area contributed by atoms with E-state index in [-0.39, 0.29) is 18.4 Å². The van der Waals surface area contributed by atoms with Gasteiger partial charge >= 0.3 is 0 Å². The van der Waals surface area contributed by atoms with Gasteiger partial charge in [-0.3, -0.25) is 14.9 Å². The van der Waals surface area contributed by atoms with E-state index >= 15 is 0 Å². The second kappa shape index (κ2) is 33.2. The molecule has 4 N–H and O–H groups in total. The molecule has 44 heavy (non-hydrogen) atoms. The number of hydrogen-bond donors (Lipinski definition) is 4. The third-order valence-electron chi connectivity index (χ3n) is 9.01. The van der Waals surface area contributed by atoms with Crippen molar-refractivity contribution in [3.8, 4) is 0 Å². The zero-order chi connectivity index (χ0) is 32.4. The van der Waals surface area contributed by atoms with E-state index in [9.17, 15) is 14.7 Å². The molecule has 0 aliphatic heterocycles. The highest BCUT2D eigenvalue weighted by Gasteiger charge is 2.30. The van der Waals surface area contributed by atoms with Crippen LogP contribution in [0.25, 0.3) is 0 Å².